The molecule has 0 saturated heterocycles. The molecular weight excluding hydrogens is 216 g/mol. The van der Waals surface area contributed by atoms with Crippen LogP contribution in [0.25, 0.3) is 0 Å². The first-order valence-electron chi connectivity index (χ1n) is 5.36. The number of ether oxygens (including phenoxy) is 2. The van der Waals surface area contributed by atoms with Crippen molar-refractivity contribution in [2.24, 2.45) is 0 Å². The first-order valence-corrected chi connectivity index (χ1v) is 5.36. The van der Waals surface area contributed by atoms with Crippen molar-refractivity contribution in [2.75, 3.05) is 0 Å². The highest BCUT2D eigenvalue weighted by molar-refractivity contribution is 5.96. The maximum atomic E-state index is 11.6. The highest BCUT2D eigenvalue weighted by Gasteiger charge is 2.25. The summed E-state index contributed by atoms with van der Waals surface area (Å²) < 4.78 is 10.7. The zero-order chi connectivity index (χ0) is 11.7. The van der Waals surface area contributed by atoms with Crippen LogP contribution in [0, 0.1) is 0 Å². The van der Waals surface area contributed by atoms with Gasteiger partial charge in [0, 0.05) is 5.56 Å². The molecule has 0 spiro atoms. The van der Waals surface area contributed by atoms with Gasteiger partial charge < -0.3 is 9.47 Å². The number of benzene rings is 2. The van der Waals surface area contributed by atoms with Gasteiger partial charge in [0.25, 0.3) is 0 Å². The maximum absolute atomic E-state index is 11.6. The van der Waals surface area contributed by atoms with Crippen LogP contribution in [0.15, 0.2) is 48.5 Å². The zero-order valence-electron chi connectivity index (χ0n) is 9.05. The van der Waals surface area contributed by atoms with Crippen LogP contribution in [-0.4, -0.2) is 5.97 Å². The minimum atomic E-state index is -0.313. The number of rotatable bonds is 2. The van der Waals surface area contributed by atoms with Gasteiger partial charge >= 0.3 is 5.97 Å². The van der Waals surface area contributed by atoms with E-state index in [1.54, 1.807) is 6.07 Å². The van der Waals surface area contributed by atoms with E-state index >= 15 is 0 Å². The van der Waals surface area contributed by atoms with E-state index < -0.39 is 0 Å². The Morgan fingerprint density at radius 2 is 1.82 bits per heavy atom. The van der Waals surface area contributed by atoms with Gasteiger partial charge in [0.05, 0.1) is 0 Å². The Hall–Kier alpha value is -2.29. The molecule has 1 aliphatic rings. The summed E-state index contributed by atoms with van der Waals surface area (Å²) in [6.07, 6.45) is 0. The quantitative estimate of drug-likeness (QED) is 0.738. The molecular formula is C14H10O3. The molecule has 0 fully saturated rings. The fourth-order valence-corrected chi connectivity index (χ4v) is 1.84. The second kappa shape index (κ2) is 3.94. The van der Waals surface area contributed by atoms with Gasteiger partial charge in [-0.1, -0.05) is 30.3 Å². The van der Waals surface area contributed by atoms with Crippen LogP contribution in [0.1, 0.15) is 15.9 Å². The normalized spacial score (nSPS) is 13.1. The topological polar surface area (TPSA) is 35.5 Å². The van der Waals surface area contributed by atoms with Crippen LogP contribution in [0.4, 0.5) is 0 Å². The number of esters is 1. The van der Waals surface area contributed by atoms with Crippen LogP contribution in [-0.2, 0) is 11.3 Å². The summed E-state index contributed by atoms with van der Waals surface area (Å²) >= 11 is 0. The minimum absolute atomic E-state index is 0.313. The number of carbonyl (C=O) groups is 1. The molecule has 0 amide bonds. The second-order valence-electron chi connectivity index (χ2n) is 3.78. The summed E-state index contributed by atoms with van der Waals surface area (Å²) in [4.78, 5) is 11.6. The monoisotopic (exact) mass is 226 g/mol. The van der Waals surface area contributed by atoms with Crippen LogP contribution in [0.2, 0.25) is 0 Å². The van der Waals surface area contributed by atoms with E-state index in [2.05, 4.69) is 0 Å². The highest BCUT2D eigenvalue weighted by Crippen LogP contribution is 2.32. The number of fused-ring (bicyclic) bond motifs is 1. The average molecular weight is 226 g/mol. The number of hydrogen-bond donors (Lipinski definition) is 0. The molecule has 0 atom stereocenters. The molecule has 84 valence electrons. The molecule has 17 heavy (non-hydrogen) atoms. The number of carbonyl (C=O) groups excluding carboxylic acids is 1. The molecule has 0 saturated carbocycles. The van der Waals surface area contributed by atoms with Crippen molar-refractivity contribution >= 4 is 5.97 Å². The Kier molecular flexibility index (Phi) is 2.29. The molecule has 2 aromatic carbocycles. The Labute approximate surface area is 98.6 Å². The third kappa shape index (κ3) is 1.76. The van der Waals surface area contributed by atoms with Crippen LogP contribution in [0.3, 0.4) is 0 Å². The summed E-state index contributed by atoms with van der Waals surface area (Å²) in [5.41, 5.74) is 1.42. The summed E-state index contributed by atoms with van der Waals surface area (Å²) in [6.45, 7) is 0.333. The van der Waals surface area contributed by atoms with Gasteiger partial charge in [-0.3, -0.25) is 0 Å². The largest absolute Gasteiger partial charge is 0.457 e. The van der Waals surface area contributed by atoms with Crippen molar-refractivity contribution in [3.63, 3.8) is 0 Å². The smallest absolute Gasteiger partial charge is 0.342 e. The first-order chi connectivity index (χ1) is 8.34. The van der Waals surface area contributed by atoms with Crippen LogP contribution in [0.5, 0.6) is 11.5 Å². The van der Waals surface area contributed by atoms with Crippen molar-refractivity contribution in [1.29, 1.82) is 0 Å². The molecule has 0 bridgehead atoms. The van der Waals surface area contributed by atoms with Gasteiger partial charge in [0.15, 0.2) is 0 Å². The lowest BCUT2D eigenvalue weighted by molar-refractivity contribution is 0.0533. The highest BCUT2D eigenvalue weighted by atomic mass is 16.5. The van der Waals surface area contributed by atoms with Gasteiger partial charge in [-0.15, -0.1) is 0 Å². The van der Waals surface area contributed by atoms with Gasteiger partial charge in [-0.2, -0.15) is 0 Å². The summed E-state index contributed by atoms with van der Waals surface area (Å²) in [6, 6.07) is 14.9. The standard InChI is InChI=1S/C14H10O3/c15-14-13-10(9-16-14)5-4-8-12(13)17-11-6-2-1-3-7-11/h1-8H,9H2. The molecule has 1 aliphatic heterocycles. The van der Waals surface area contributed by atoms with Crippen molar-refractivity contribution in [3.8, 4) is 11.5 Å². The van der Waals surface area contributed by atoms with Crippen molar-refractivity contribution in [3.05, 3.63) is 59.7 Å². The lowest BCUT2D eigenvalue weighted by Gasteiger charge is -2.07. The van der Waals surface area contributed by atoms with Gasteiger partial charge in [-0.25, -0.2) is 4.79 Å². The summed E-state index contributed by atoms with van der Waals surface area (Å²) in [5.74, 6) is 0.948. The van der Waals surface area contributed by atoms with Gasteiger partial charge in [0.2, 0.25) is 0 Å². The Morgan fingerprint density at radius 1 is 1.00 bits per heavy atom. The molecule has 3 nitrogen and oxygen atoms in total. The Morgan fingerprint density at radius 3 is 2.65 bits per heavy atom. The predicted molar refractivity (Wildman–Crippen MR) is 62.1 cm³/mol. The molecule has 2 aromatic rings. The SMILES string of the molecule is O=C1OCc2cccc(Oc3ccccc3)c21. The van der Waals surface area contributed by atoms with Crippen LogP contribution >= 0.6 is 0 Å². The number of para-hydroxylation sites is 1. The fourth-order valence-electron chi connectivity index (χ4n) is 1.84. The van der Waals surface area contributed by atoms with Crippen LogP contribution < -0.4 is 4.74 Å². The summed E-state index contributed by atoms with van der Waals surface area (Å²) in [5, 5.41) is 0. The first kappa shape index (κ1) is 9.90. The minimum Gasteiger partial charge on any atom is -0.457 e. The van der Waals surface area contributed by atoms with E-state index in [0.717, 1.165) is 5.56 Å². The van der Waals surface area contributed by atoms with Crippen molar-refractivity contribution < 1.29 is 14.3 Å². The molecule has 0 aromatic heterocycles. The Balaban J connectivity index is 2.00. The molecule has 3 heteroatoms. The molecule has 0 radical (unpaired) electrons. The van der Waals surface area contributed by atoms with Crippen molar-refractivity contribution in [2.45, 2.75) is 6.61 Å². The second-order valence-corrected chi connectivity index (χ2v) is 3.78. The van der Waals surface area contributed by atoms with Crippen molar-refractivity contribution in [1.82, 2.24) is 0 Å². The Bertz CT molecular complexity index is 561. The van der Waals surface area contributed by atoms with Gasteiger partial charge in [-0.05, 0) is 18.2 Å². The van der Waals surface area contributed by atoms with E-state index in [1.807, 2.05) is 42.5 Å². The maximum Gasteiger partial charge on any atom is 0.342 e. The van der Waals surface area contributed by atoms with Gasteiger partial charge in [0.1, 0.15) is 23.7 Å². The van der Waals surface area contributed by atoms with E-state index in [4.69, 9.17) is 9.47 Å². The lowest BCUT2D eigenvalue weighted by atomic mass is 10.1. The average Bonchev–Trinajstić information content (AvgIpc) is 2.74. The van der Waals surface area contributed by atoms with E-state index in [9.17, 15) is 4.79 Å². The van der Waals surface area contributed by atoms with E-state index in [1.165, 1.54) is 0 Å². The third-order valence-corrected chi connectivity index (χ3v) is 2.65. The lowest BCUT2D eigenvalue weighted by Crippen LogP contribution is -1.97. The predicted octanol–water partition coefficient (Wildman–Crippen LogP) is 3.15. The molecule has 0 N–H and O–H groups in total. The zero-order valence-corrected chi connectivity index (χ0v) is 9.05. The molecule has 0 aliphatic carbocycles. The summed E-state index contributed by atoms with van der Waals surface area (Å²) in [7, 11) is 0. The van der Waals surface area contributed by atoms with E-state index in [0.29, 0.717) is 23.7 Å². The fraction of sp³-hybridized carbons (Fsp3) is 0.0714. The molecule has 1 heterocycles. The number of hydrogen-bond acceptors (Lipinski definition) is 3. The van der Waals surface area contributed by atoms with E-state index in [-0.39, 0.29) is 5.97 Å². The third-order valence-electron chi connectivity index (χ3n) is 2.65. The molecule has 3 rings (SSSR count). The molecule has 0 unspecified atom stereocenters. The number of cyclic esters (lactones) is 1.